The molecule has 1 aliphatic heterocycles. The molecule has 2 aromatic carbocycles. The number of hydrogen-bond acceptors (Lipinski definition) is 4. The largest absolute Gasteiger partial charge is 0.444 e. The molecule has 2 aromatic rings. The van der Waals surface area contributed by atoms with Gasteiger partial charge in [-0.1, -0.05) is 66.3 Å². The number of amides is 2. The Bertz CT molecular complexity index is 1110. The van der Waals surface area contributed by atoms with Gasteiger partial charge < -0.3 is 20.1 Å². The van der Waals surface area contributed by atoms with E-state index in [0.717, 1.165) is 12.8 Å². The standard InChI is InChI=1S/C30H36N2O4/c1-30(2,3)36-29(35)31-24(20-33)14-15-27(34)32-18-16-23(17-19-32)28-25-10-6-4-8-21(25)12-13-22-9-5-7-11-26(22)28/h4-13,24,33H,14-20H2,1-3H3,(H,31,35)/t24-/m0/s1. The molecule has 0 aromatic heterocycles. The number of fused-ring (bicyclic) bond motifs is 2. The number of carbonyl (C=O) groups is 2. The van der Waals surface area contributed by atoms with Gasteiger partial charge in [0.15, 0.2) is 0 Å². The van der Waals surface area contributed by atoms with Gasteiger partial charge in [-0.25, -0.2) is 4.79 Å². The van der Waals surface area contributed by atoms with Crippen molar-refractivity contribution in [2.75, 3.05) is 19.7 Å². The zero-order chi connectivity index (χ0) is 25.7. The molecule has 1 atom stereocenters. The van der Waals surface area contributed by atoms with Crippen molar-refractivity contribution in [2.24, 2.45) is 0 Å². The highest BCUT2D eigenvalue weighted by Crippen LogP contribution is 2.38. The van der Waals surface area contributed by atoms with E-state index in [2.05, 4.69) is 66.0 Å². The molecule has 0 saturated carbocycles. The van der Waals surface area contributed by atoms with Crippen LogP contribution in [0.1, 0.15) is 68.7 Å². The Labute approximate surface area is 213 Å². The monoisotopic (exact) mass is 488 g/mol. The summed E-state index contributed by atoms with van der Waals surface area (Å²) in [7, 11) is 0. The second kappa shape index (κ2) is 11.1. The number of aliphatic hydroxyl groups excluding tert-OH is 1. The van der Waals surface area contributed by atoms with Gasteiger partial charge in [0, 0.05) is 19.5 Å². The second-order valence-corrected chi connectivity index (χ2v) is 10.4. The van der Waals surface area contributed by atoms with Crippen molar-refractivity contribution in [3.05, 3.63) is 76.4 Å². The van der Waals surface area contributed by atoms with Gasteiger partial charge in [-0.05, 0) is 67.9 Å². The smallest absolute Gasteiger partial charge is 0.407 e. The fourth-order valence-electron chi connectivity index (χ4n) is 4.86. The van der Waals surface area contributed by atoms with Gasteiger partial charge in [-0.15, -0.1) is 0 Å². The van der Waals surface area contributed by atoms with E-state index in [1.165, 1.54) is 33.4 Å². The highest BCUT2D eigenvalue weighted by atomic mass is 16.6. The van der Waals surface area contributed by atoms with Crippen LogP contribution < -0.4 is 5.32 Å². The van der Waals surface area contributed by atoms with Crippen LogP contribution in [0, 0.1) is 0 Å². The summed E-state index contributed by atoms with van der Waals surface area (Å²) < 4.78 is 5.26. The maximum Gasteiger partial charge on any atom is 0.407 e. The maximum absolute atomic E-state index is 12.9. The zero-order valence-corrected chi connectivity index (χ0v) is 21.4. The van der Waals surface area contributed by atoms with Gasteiger partial charge >= 0.3 is 6.09 Å². The molecule has 2 aliphatic rings. The van der Waals surface area contributed by atoms with Crippen molar-refractivity contribution in [1.82, 2.24) is 10.2 Å². The van der Waals surface area contributed by atoms with Crippen molar-refractivity contribution >= 4 is 29.7 Å². The number of nitrogens with one attached hydrogen (secondary N) is 1. The van der Waals surface area contributed by atoms with Crippen molar-refractivity contribution in [3.63, 3.8) is 0 Å². The van der Waals surface area contributed by atoms with Crippen LogP contribution in [-0.4, -0.2) is 53.3 Å². The van der Waals surface area contributed by atoms with Crippen molar-refractivity contribution < 1.29 is 19.4 Å². The molecule has 0 unspecified atom stereocenters. The molecule has 1 saturated heterocycles. The first kappa shape index (κ1) is 25.7. The number of aliphatic hydroxyl groups is 1. The molecule has 6 nitrogen and oxygen atoms in total. The number of likely N-dealkylation sites (tertiary alicyclic amines) is 1. The molecule has 1 heterocycles. The predicted octanol–water partition coefficient (Wildman–Crippen LogP) is 5.26. The van der Waals surface area contributed by atoms with E-state index < -0.39 is 17.7 Å². The number of piperidine rings is 1. The molecule has 0 spiro atoms. The van der Waals surface area contributed by atoms with E-state index in [4.69, 9.17) is 4.74 Å². The number of rotatable bonds is 5. The van der Waals surface area contributed by atoms with Crippen molar-refractivity contribution in [2.45, 2.75) is 58.1 Å². The van der Waals surface area contributed by atoms with Gasteiger partial charge in [0.1, 0.15) is 5.60 Å². The van der Waals surface area contributed by atoms with Crippen LogP contribution in [0.2, 0.25) is 0 Å². The van der Waals surface area contributed by atoms with Crippen molar-refractivity contribution in [1.29, 1.82) is 0 Å². The van der Waals surface area contributed by atoms with E-state index in [1.807, 2.05) is 4.90 Å². The van der Waals surface area contributed by atoms with Gasteiger partial charge in [-0.2, -0.15) is 0 Å². The van der Waals surface area contributed by atoms with Crippen molar-refractivity contribution in [3.8, 4) is 0 Å². The average Bonchev–Trinajstić information content (AvgIpc) is 3.02. The third-order valence-corrected chi connectivity index (χ3v) is 6.62. The lowest BCUT2D eigenvalue weighted by Gasteiger charge is -2.31. The van der Waals surface area contributed by atoms with Crippen LogP contribution in [0.5, 0.6) is 0 Å². The predicted molar refractivity (Wildman–Crippen MR) is 143 cm³/mol. The Morgan fingerprint density at radius 3 is 2.06 bits per heavy atom. The van der Waals surface area contributed by atoms with Crippen LogP contribution >= 0.6 is 0 Å². The minimum Gasteiger partial charge on any atom is -0.444 e. The molecule has 0 radical (unpaired) electrons. The third kappa shape index (κ3) is 6.24. The molecule has 6 heteroatoms. The van der Waals surface area contributed by atoms with E-state index >= 15 is 0 Å². The first-order chi connectivity index (χ1) is 17.2. The first-order valence-corrected chi connectivity index (χ1v) is 12.7. The Hall–Kier alpha value is -3.38. The average molecular weight is 489 g/mol. The van der Waals surface area contributed by atoms with Crippen LogP contribution in [0.3, 0.4) is 0 Å². The number of alkyl carbamates (subject to hydrolysis) is 1. The summed E-state index contributed by atoms with van der Waals surface area (Å²) in [6.07, 6.45) is 6.06. The van der Waals surface area contributed by atoms with E-state index in [0.29, 0.717) is 19.5 Å². The molecule has 2 N–H and O–H groups in total. The summed E-state index contributed by atoms with van der Waals surface area (Å²) in [5, 5.41) is 12.3. The SMILES string of the molecule is CC(C)(C)OC(=O)N[C@H](CO)CCC(=O)N1CCC(=C2c3ccccc3C=Cc3ccccc32)CC1. The topological polar surface area (TPSA) is 78.9 Å². The Balaban J connectivity index is 1.42. The minimum absolute atomic E-state index is 0.0480. The van der Waals surface area contributed by atoms with Gasteiger partial charge in [0.2, 0.25) is 5.91 Å². The molecular weight excluding hydrogens is 452 g/mol. The van der Waals surface area contributed by atoms with E-state index in [1.54, 1.807) is 20.8 Å². The summed E-state index contributed by atoms with van der Waals surface area (Å²) in [6, 6.07) is 16.5. The zero-order valence-electron chi connectivity index (χ0n) is 21.4. The fraction of sp³-hybridized carbons (Fsp3) is 0.400. The number of carbonyl (C=O) groups excluding carboxylic acids is 2. The number of ether oxygens (including phenoxy) is 1. The maximum atomic E-state index is 12.9. The second-order valence-electron chi connectivity index (χ2n) is 10.4. The molecule has 0 bridgehead atoms. The Kier molecular flexibility index (Phi) is 7.94. The number of benzene rings is 2. The number of nitrogens with zero attached hydrogens (tertiary/aromatic N) is 1. The number of hydrogen-bond donors (Lipinski definition) is 2. The molecule has 2 amide bonds. The third-order valence-electron chi connectivity index (χ3n) is 6.62. The summed E-state index contributed by atoms with van der Waals surface area (Å²) in [5.74, 6) is 0.0480. The van der Waals surface area contributed by atoms with Crippen LogP contribution in [0.15, 0.2) is 54.1 Å². The highest BCUT2D eigenvalue weighted by molar-refractivity contribution is 5.95. The summed E-state index contributed by atoms with van der Waals surface area (Å²) >= 11 is 0. The first-order valence-electron chi connectivity index (χ1n) is 12.7. The Morgan fingerprint density at radius 1 is 0.972 bits per heavy atom. The van der Waals surface area contributed by atoms with Crippen LogP contribution in [0.4, 0.5) is 4.79 Å². The summed E-state index contributed by atoms with van der Waals surface area (Å²) in [5.41, 5.74) is 6.96. The molecule has 1 fully saturated rings. The molecule has 190 valence electrons. The van der Waals surface area contributed by atoms with Crippen LogP contribution in [-0.2, 0) is 9.53 Å². The summed E-state index contributed by atoms with van der Waals surface area (Å²) in [6.45, 7) is 6.44. The lowest BCUT2D eigenvalue weighted by Crippen LogP contribution is -2.42. The molecular formula is C30H36N2O4. The molecule has 1 aliphatic carbocycles. The van der Waals surface area contributed by atoms with E-state index in [-0.39, 0.29) is 18.9 Å². The Morgan fingerprint density at radius 2 is 1.53 bits per heavy atom. The van der Waals surface area contributed by atoms with Gasteiger partial charge in [0.25, 0.3) is 0 Å². The molecule has 36 heavy (non-hydrogen) atoms. The lowest BCUT2D eigenvalue weighted by atomic mass is 9.86. The normalized spacial score (nSPS) is 16.1. The molecule has 4 rings (SSSR count). The summed E-state index contributed by atoms with van der Waals surface area (Å²) in [4.78, 5) is 26.9. The quantitative estimate of drug-likeness (QED) is 0.513. The van der Waals surface area contributed by atoms with Gasteiger partial charge in [0.05, 0.1) is 12.6 Å². The van der Waals surface area contributed by atoms with Crippen LogP contribution in [0.25, 0.3) is 17.7 Å². The fourth-order valence-corrected chi connectivity index (χ4v) is 4.86. The van der Waals surface area contributed by atoms with E-state index in [9.17, 15) is 14.7 Å². The minimum atomic E-state index is -0.617. The highest BCUT2D eigenvalue weighted by Gasteiger charge is 2.25. The lowest BCUT2D eigenvalue weighted by molar-refractivity contribution is -0.131. The van der Waals surface area contributed by atoms with Gasteiger partial charge in [-0.3, -0.25) is 4.79 Å².